The molecule has 2 atom stereocenters. The van der Waals surface area contributed by atoms with Gasteiger partial charge >= 0.3 is 12.1 Å². The molecule has 2 aromatic carbocycles. The predicted molar refractivity (Wildman–Crippen MR) is 148 cm³/mol. The molecule has 4 aromatic rings. The number of piperidine rings is 1. The van der Waals surface area contributed by atoms with E-state index in [0.29, 0.717) is 17.1 Å². The molecule has 2 aliphatic heterocycles. The van der Waals surface area contributed by atoms with E-state index >= 15 is 0 Å². The number of anilines is 1. The van der Waals surface area contributed by atoms with Crippen LogP contribution in [0.25, 0.3) is 22.1 Å². The van der Waals surface area contributed by atoms with Crippen LogP contribution >= 0.6 is 0 Å². The second-order valence-corrected chi connectivity index (χ2v) is 11.6. The van der Waals surface area contributed by atoms with Crippen molar-refractivity contribution in [1.29, 1.82) is 0 Å². The van der Waals surface area contributed by atoms with E-state index in [-0.39, 0.29) is 36.1 Å². The van der Waals surface area contributed by atoms with Gasteiger partial charge in [0.1, 0.15) is 5.58 Å². The molecule has 1 aliphatic carbocycles. The smallest absolute Gasteiger partial charge is 0.417 e. The molecule has 7 rings (SSSR count). The predicted octanol–water partition coefficient (Wildman–Crippen LogP) is 8.05. The molecule has 3 aliphatic rings. The van der Waals surface area contributed by atoms with Crippen LogP contribution in [0.5, 0.6) is 0 Å². The molecule has 214 valence electrons. The molecule has 2 aromatic heterocycles. The van der Waals surface area contributed by atoms with Crippen molar-refractivity contribution in [3.05, 3.63) is 76.8 Å². The molecule has 0 radical (unpaired) electrons. The highest BCUT2D eigenvalue weighted by atomic mass is 19.4. The van der Waals surface area contributed by atoms with Crippen LogP contribution in [0.2, 0.25) is 0 Å². The van der Waals surface area contributed by atoms with Crippen LogP contribution < -0.4 is 4.90 Å². The van der Waals surface area contributed by atoms with E-state index in [1.54, 1.807) is 24.4 Å². The monoisotopic (exact) mass is 564 g/mol. The molecule has 2 saturated heterocycles. The van der Waals surface area contributed by atoms with Gasteiger partial charge in [0.15, 0.2) is 0 Å². The van der Waals surface area contributed by atoms with E-state index in [1.165, 1.54) is 6.07 Å². The normalized spacial score (nSPS) is 22.5. The van der Waals surface area contributed by atoms with Crippen LogP contribution in [0.3, 0.4) is 0 Å². The number of furan rings is 1. The lowest BCUT2D eigenvalue weighted by Gasteiger charge is -2.41. The van der Waals surface area contributed by atoms with Gasteiger partial charge in [-0.1, -0.05) is 18.2 Å². The second-order valence-electron chi connectivity index (χ2n) is 11.6. The number of aryl methyl sites for hydroxylation is 1. The Morgan fingerprint density at radius 3 is 2.49 bits per heavy atom. The minimum atomic E-state index is -4.44. The van der Waals surface area contributed by atoms with Crippen LogP contribution in [-0.2, 0) is 17.5 Å². The maximum absolute atomic E-state index is 13.9. The number of ether oxygens (including phenoxy) is 1. The fraction of sp³-hybridized carbons (Fsp3) is 0.406. The summed E-state index contributed by atoms with van der Waals surface area (Å²) in [5.41, 5.74) is 4.64. The van der Waals surface area contributed by atoms with E-state index in [2.05, 4.69) is 9.88 Å². The van der Waals surface area contributed by atoms with E-state index < -0.39 is 17.7 Å². The number of nitrogens with one attached hydrogen (secondary N) is 1. The van der Waals surface area contributed by atoms with Crippen molar-refractivity contribution in [3.63, 3.8) is 0 Å². The molecule has 2 unspecified atom stereocenters. The van der Waals surface area contributed by atoms with Gasteiger partial charge in [0.05, 0.1) is 18.3 Å². The third-order valence-corrected chi connectivity index (χ3v) is 9.11. The quantitative estimate of drug-likeness (QED) is 0.238. The molecular weight excluding hydrogens is 533 g/mol. The second kappa shape index (κ2) is 9.69. The number of H-pyrrole nitrogens is 1. The number of hydrogen-bond donors (Lipinski definition) is 2. The number of hydrogen-bond acceptors (Lipinski definition) is 4. The van der Waals surface area contributed by atoms with Crippen molar-refractivity contribution in [3.8, 4) is 11.1 Å². The molecule has 2 bridgehead atoms. The number of fused-ring (bicyclic) bond motifs is 3. The van der Waals surface area contributed by atoms with Crippen LogP contribution in [0, 0.1) is 6.92 Å². The number of benzene rings is 2. The maximum Gasteiger partial charge on any atom is 0.417 e. The molecule has 4 heterocycles. The van der Waals surface area contributed by atoms with E-state index in [9.17, 15) is 23.1 Å². The fourth-order valence-corrected chi connectivity index (χ4v) is 7.05. The topological polar surface area (TPSA) is 78.7 Å². The summed E-state index contributed by atoms with van der Waals surface area (Å²) in [5, 5.41) is 10.2. The standard InChI is InChI=1S/C32H31F3N2O4/c1-17-23-14-29(31(38)39)41-28(23)11-10-27(17)37-19-8-9-20(37)13-21(12-19)40-16-25-24(15-36-30(25)18-6-7-18)22-4-2-3-5-26(22)32(33,34)35/h2-5,10-11,14-15,18-21,36H,6-9,12-13,16H2,1H3,(H,38,39). The number of aromatic carboxylic acids is 1. The van der Waals surface area contributed by atoms with Crippen molar-refractivity contribution in [2.45, 2.75) is 82.3 Å². The van der Waals surface area contributed by atoms with E-state index in [1.807, 2.05) is 19.1 Å². The van der Waals surface area contributed by atoms with Gasteiger partial charge < -0.3 is 24.1 Å². The fourth-order valence-electron chi connectivity index (χ4n) is 7.05. The molecule has 2 N–H and O–H groups in total. The average molecular weight is 565 g/mol. The lowest BCUT2D eigenvalue weighted by molar-refractivity contribution is -0.137. The summed E-state index contributed by atoms with van der Waals surface area (Å²) in [7, 11) is 0. The number of rotatable bonds is 7. The van der Waals surface area contributed by atoms with Crippen LogP contribution in [0.1, 0.15) is 77.4 Å². The summed E-state index contributed by atoms with van der Waals surface area (Å²) >= 11 is 0. The van der Waals surface area contributed by atoms with Gasteiger partial charge in [0, 0.05) is 46.2 Å². The SMILES string of the molecule is Cc1c(N2C3CCC2CC(OCc2c(-c4ccccc4C(F)(F)F)c[nH]c2C2CC2)C3)ccc2oc(C(=O)O)cc12. The Kier molecular flexibility index (Phi) is 6.19. The first-order chi connectivity index (χ1) is 19.7. The minimum absolute atomic E-state index is 0.00740. The highest BCUT2D eigenvalue weighted by Crippen LogP contribution is 2.47. The molecule has 0 amide bonds. The van der Waals surface area contributed by atoms with Crippen LogP contribution in [0.15, 0.2) is 53.1 Å². The number of alkyl halides is 3. The third-order valence-electron chi connectivity index (χ3n) is 9.11. The summed E-state index contributed by atoms with van der Waals surface area (Å²) < 4.78 is 53.6. The lowest BCUT2D eigenvalue weighted by atomic mass is 9.95. The van der Waals surface area contributed by atoms with Crippen molar-refractivity contribution in [1.82, 2.24) is 4.98 Å². The highest BCUT2D eigenvalue weighted by molar-refractivity contribution is 5.94. The molecular formula is C32H31F3N2O4. The van der Waals surface area contributed by atoms with Crippen molar-refractivity contribution in [2.75, 3.05) is 4.90 Å². The van der Waals surface area contributed by atoms with Crippen molar-refractivity contribution >= 4 is 22.6 Å². The molecule has 41 heavy (non-hydrogen) atoms. The Morgan fingerprint density at radius 2 is 1.80 bits per heavy atom. The van der Waals surface area contributed by atoms with Gasteiger partial charge in [-0.15, -0.1) is 0 Å². The van der Waals surface area contributed by atoms with Gasteiger partial charge in [-0.25, -0.2) is 4.79 Å². The van der Waals surface area contributed by atoms with Crippen molar-refractivity contribution in [2.24, 2.45) is 0 Å². The molecule has 9 heteroatoms. The maximum atomic E-state index is 13.9. The third kappa shape index (κ3) is 4.60. The number of aromatic amines is 1. The van der Waals surface area contributed by atoms with Gasteiger partial charge in [-0.2, -0.15) is 13.2 Å². The van der Waals surface area contributed by atoms with E-state index in [4.69, 9.17) is 9.15 Å². The molecule has 0 spiro atoms. The number of carboxylic acid groups (broad SMARTS) is 1. The summed E-state index contributed by atoms with van der Waals surface area (Å²) in [5.74, 6) is -0.804. The summed E-state index contributed by atoms with van der Waals surface area (Å²) in [6, 6.07) is 11.8. The Morgan fingerprint density at radius 1 is 1.07 bits per heavy atom. The lowest BCUT2D eigenvalue weighted by Crippen LogP contribution is -2.45. The summed E-state index contributed by atoms with van der Waals surface area (Å²) in [4.78, 5) is 17.2. The first kappa shape index (κ1) is 26.2. The highest BCUT2D eigenvalue weighted by Gasteiger charge is 2.42. The van der Waals surface area contributed by atoms with Gasteiger partial charge in [-0.3, -0.25) is 0 Å². The van der Waals surface area contributed by atoms with Crippen LogP contribution in [0.4, 0.5) is 18.9 Å². The van der Waals surface area contributed by atoms with Crippen LogP contribution in [-0.4, -0.2) is 34.2 Å². The zero-order valence-corrected chi connectivity index (χ0v) is 22.6. The van der Waals surface area contributed by atoms with E-state index in [0.717, 1.165) is 72.5 Å². The average Bonchev–Trinajstić information content (AvgIpc) is 3.44. The summed E-state index contributed by atoms with van der Waals surface area (Å²) in [6.07, 6.45) is 3.08. The van der Waals surface area contributed by atoms with Gasteiger partial charge in [0.25, 0.3) is 0 Å². The number of halogens is 3. The number of aromatic nitrogens is 1. The largest absolute Gasteiger partial charge is 0.475 e. The Balaban J connectivity index is 1.12. The molecule has 1 saturated carbocycles. The van der Waals surface area contributed by atoms with Gasteiger partial charge in [-0.05, 0) is 86.8 Å². The Labute approximate surface area is 235 Å². The molecule has 6 nitrogen and oxygen atoms in total. The zero-order valence-electron chi connectivity index (χ0n) is 22.6. The van der Waals surface area contributed by atoms with Gasteiger partial charge in [0.2, 0.25) is 5.76 Å². The zero-order chi connectivity index (χ0) is 28.5. The van der Waals surface area contributed by atoms with Crippen molar-refractivity contribution < 1.29 is 32.2 Å². The summed E-state index contributed by atoms with van der Waals surface area (Å²) in [6.45, 7) is 2.28. The number of nitrogens with zero attached hydrogens (tertiary/aromatic N) is 1. The first-order valence-electron chi connectivity index (χ1n) is 14.2. The molecule has 3 fully saturated rings. The number of carbonyl (C=O) groups is 1. The minimum Gasteiger partial charge on any atom is -0.475 e. The first-order valence-corrected chi connectivity index (χ1v) is 14.2. The Bertz CT molecular complexity index is 1620. The Hall–Kier alpha value is -3.72. The number of carboxylic acids is 1.